The van der Waals surface area contributed by atoms with Crippen molar-refractivity contribution in [3.05, 3.63) is 51.3 Å². The first-order valence-electron chi connectivity index (χ1n) is 6.95. The lowest BCUT2D eigenvalue weighted by atomic mass is 9.86. The van der Waals surface area contributed by atoms with Crippen LogP contribution in [0.5, 0.6) is 0 Å². The van der Waals surface area contributed by atoms with E-state index in [1.807, 2.05) is 0 Å². The van der Waals surface area contributed by atoms with Gasteiger partial charge < -0.3 is 10.3 Å². The van der Waals surface area contributed by atoms with Crippen LogP contribution in [0.15, 0.2) is 28.2 Å². The number of carbonyl (C=O) groups is 1. The zero-order chi connectivity index (χ0) is 17.3. The molecule has 2 N–H and O–H groups in total. The van der Waals surface area contributed by atoms with Crippen molar-refractivity contribution in [2.45, 2.75) is 17.5 Å². The fraction of sp³-hybridized carbons (Fsp3) is 0.188. The maximum absolute atomic E-state index is 14.1. The molecule has 24 heavy (non-hydrogen) atoms. The highest BCUT2D eigenvalue weighted by atomic mass is 32.2. The molecule has 1 unspecified atom stereocenters. The number of amides is 1. The Balaban J connectivity index is 2.13. The number of nitrogens with zero attached hydrogens (tertiary/aromatic N) is 1. The summed E-state index contributed by atoms with van der Waals surface area (Å²) in [4.78, 5) is 31.0. The number of thioether (sulfide) groups is 1. The molecule has 2 heterocycles. The number of aromatic nitrogens is 2. The molecule has 0 radical (unpaired) electrons. The van der Waals surface area contributed by atoms with E-state index < -0.39 is 29.0 Å². The number of terminal acetylenes is 1. The van der Waals surface area contributed by atoms with E-state index in [2.05, 4.69) is 21.2 Å². The second kappa shape index (κ2) is 6.45. The van der Waals surface area contributed by atoms with Gasteiger partial charge in [0.25, 0.3) is 5.56 Å². The summed E-state index contributed by atoms with van der Waals surface area (Å²) in [6, 6.07) is 3.66. The Morgan fingerprint density at radius 3 is 2.92 bits per heavy atom. The molecule has 5 nitrogen and oxygen atoms in total. The van der Waals surface area contributed by atoms with E-state index in [1.165, 1.54) is 12.1 Å². The van der Waals surface area contributed by atoms with E-state index in [4.69, 9.17) is 6.42 Å². The summed E-state index contributed by atoms with van der Waals surface area (Å²) in [6.45, 7) is 0. The van der Waals surface area contributed by atoms with Crippen molar-refractivity contribution in [1.29, 1.82) is 0 Å². The molecule has 1 aromatic heterocycles. The van der Waals surface area contributed by atoms with E-state index in [0.29, 0.717) is 0 Å². The zero-order valence-corrected chi connectivity index (χ0v) is 13.0. The van der Waals surface area contributed by atoms with Crippen LogP contribution in [0.4, 0.5) is 14.6 Å². The molecule has 8 heteroatoms. The summed E-state index contributed by atoms with van der Waals surface area (Å²) >= 11 is 1.12. The molecule has 0 saturated carbocycles. The topological polar surface area (TPSA) is 74.8 Å². The summed E-state index contributed by atoms with van der Waals surface area (Å²) < 4.78 is 27.6. The van der Waals surface area contributed by atoms with Crippen LogP contribution in [-0.4, -0.2) is 21.6 Å². The molecule has 1 amide bonds. The van der Waals surface area contributed by atoms with Gasteiger partial charge in [0.1, 0.15) is 5.82 Å². The van der Waals surface area contributed by atoms with Gasteiger partial charge in [0.2, 0.25) is 5.91 Å². The van der Waals surface area contributed by atoms with E-state index in [9.17, 15) is 18.4 Å². The average molecular weight is 347 g/mol. The Labute approximate surface area is 139 Å². The number of benzene rings is 1. The van der Waals surface area contributed by atoms with Crippen LogP contribution in [0.3, 0.4) is 0 Å². The van der Waals surface area contributed by atoms with Gasteiger partial charge >= 0.3 is 0 Å². The second-order valence-electron chi connectivity index (χ2n) is 5.07. The van der Waals surface area contributed by atoms with Gasteiger partial charge in [0, 0.05) is 12.3 Å². The molecular weight excluding hydrogens is 336 g/mol. The lowest BCUT2D eigenvalue weighted by molar-refractivity contribution is -0.116. The van der Waals surface area contributed by atoms with Gasteiger partial charge in [-0.25, -0.2) is 13.8 Å². The highest BCUT2D eigenvalue weighted by Gasteiger charge is 2.33. The van der Waals surface area contributed by atoms with Gasteiger partial charge in [-0.15, -0.1) is 6.42 Å². The minimum atomic E-state index is -1.08. The van der Waals surface area contributed by atoms with Crippen molar-refractivity contribution in [2.24, 2.45) is 0 Å². The average Bonchev–Trinajstić information content (AvgIpc) is 2.54. The third kappa shape index (κ3) is 2.90. The van der Waals surface area contributed by atoms with Gasteiger partial charge in [0.15, 0.2) is 16.8 Å². The molecule has 2 aromatic rings. The standard InChI is InChI=1S/C16H11F2N3O2S/c1-2-6-24-16-20-14-12(15(23)21-16)9(7-11(22)19-14)8-4-3-5-10(17)13(8)18/h1,3-5,9H,6-7H2,(H2,19,20,21,22,23). The summed E-state index contributed by atoms with van der Waals surface area (Å²) in [7, 11) is 0. The monoisotopic (exact) mass is 347 g/mol. The normalized spacial score (nSPS) is 16.2. The second-order valence-corrected chi connectivity index (χ2v) is 6.04. The number of hydrogen-bond donors (Lipinski definition) is 2. The van der Waals surface area contributed by atoms with Crippen molar-refractivity contribution in [2.75, 3.05) is 11.1 Å². The molecule has 0 spiro atoms. The van der Waals surface area contributed by atoms with E-state index in [-0.39, 0.29) is 34.3 Å². The van der Waals surface area contributed by atoms with Crippen LogP contribution in [0.2, 0.25) is 0 Å². The number of carbonyl (C=O) groups excluding carboxylic acids is 1. The maximum Gasteiger partial charge on any atom is 0.257 e. The maximum atomic E-state index is 14.1. The number of nitrogens with one attached hydrogen (secondary N) is 2. The summed E-state index contributed by atoms with van der Waals surface area (Å²) in [5.74, 6) is -0.721. The van der Waals surface area contributed by atoms with Crippen LogP contribution in [-0.2, 0) is 4.79 Å². The van der Waals surface area contributed by atoms with E-state index in [0.717, 1.165) is 17.8 Å². The van der Waals surface area contributed by atoms with Crippen molar-refractivity contribution in [1.82, 2.24) is 9.97 Å². The Kier molecular flexibility index (Phi) is 4.36. The molecule has 1 atom stereocenters. The first-order valence-corrected chi connectivity index (χ1v) is 7.94. The Bertz CT molecular complexity index is 921. The van der Waals surface area contributed by atoms with Crippen LogP contribution in [0.1, 0.15) is 23.5 Å². The Morgan fingerprint density at radius 1 is 1.38 bits per heavy atom. The van der Waals surface area contributed by atoms with Gasteiger partial charge in [-0.2, -0.15) is 0 Å². The number of H-pyrrole nitrogens is 1. The number of fused-ring (bicyclic) bond motifs is 1. The number of aromatic amines is 1. The van der Waals surface area contributed by atoms with Crippen LogP contribution in [0.25, 0.3) is 0 Å². The Hall–Kier alpha value is -2.66. The van der Waals surface area contributed by atoms with Crippen LogP contribution in [0, 0.1) is 24.0 Å². The van der Waals surface area contributed by atoms with Gasteiger partial charge in [-0.1, -0.05) is 29.8 Å². The van der Waals surface area contributed by atoms with Gasteiger partial charge in [-0.05, 0) is 11.6 Å². The third-order valence-electron chi connectivity index (χ3n) is 3.58. The van der Waals surface area contributed by atoms with Crippen molar-refractivity contribution in [3.63, 3.8) is 0 Å². The van der Waals surface area contributed by atoms with Crippen LogP contribution < -0.4 is 10.9 Å². The predicted molar refractivity (Wildman–Crippen MR) is 85.9 cm³/mol. The number of anilines is 1. The number of hydrogen-bond acceptors (Lipinski definition) is 4. The predicted octanol–water partition coefficient (Wildman–Crippen LogP) is 2.25. The molecule has 0 saturated heterocycles. The van der Waals surface area contributed by atoms with E-state index >= 15 is 0 Å². The quantitative estimate of drug-likeness (QED) is 0.507. The van der Waals surface area contributed by atoms with Crippen molar-refractivity contribution < 1.29 is 13.6 Å². The SMILES string of the molecule is C#CCSc1nc2c(c(=O)[nH]1)C(c1cccc(F)c1F)CC(=O)N2. The number of halogens is 2. The zero-order valence-electron chi connectivity index (χ0n) is 12.2. The van der Waals surface area contributed by atoms with Gasteiger partial charge in [0.05, 0.1) is 11.3 Å². The largest absolute Gasteiger partial charge is 0.310 e. The lowest BCUT2D eigenvalue weighted by Gasteiger charge is -2.24. The number of rotatable bonds is 3. The van der Waals surface area contributed by atoms with Gasteiger partial charge in [-0.3, -0.25) is 9.59 Å². The molecular formula is C16H11F2N3O2S. The summed E-state index contributed by atoms with van der Waals surface area (Å²) in [6.07, 6.45) is 4.99. The van der Waals surface area contributed by atoms with E-state index in [1.54, 1.807) is 0 Å². The summed E-state index contributed by atoms with van der Waals surface area (Å²) in [5, 5.41) is 2.75. The molecule has 122 valence electrons. The molecule has 1 aromatic carbocycles. The fourth-order valence-corrected chi connectivity index (χ4v) is 3.13. The van der Waals surface area contributed by atoms with Crippen molar-refractivity contribution in [3.8, 4) is 12.3 Å². The minimum Gasteiger partial charge on any atom is -0.310 e. The molecule has 0 bridgehead atoms. The highest BCUT2D eigenvalue weighted by molar-refractivity contribution is 7.99. The molecule has 3 rings (SSSR count). The molecule has 1 aliphatic heterocycles. The third-order valence-corrected chi connectivity index (χ3v) is 4.36. The lowest BCUT2D eigenvalue weighted by Crippen LogP contribution is -2.31. The summed E-state index contributed by atoms with van der Waals surface area (Å²) in [5.41, 5.74) is -0.472. The first kappa shape index (κ1) is 16.2. The smallest absolute Gasteiger partial charge is 0.257 e. The molecule has 1 aliphatic rings. The fourth-order valence-electron chi connectivity index (χ4n) is 2.58. The Morgan fingerprint density at radius 2 is 2.17 bits per heavy atom. The minimum absolute atomic E-state index is 0.0446. The molecule has 0 fully saturated rings. The first-order chi connectivity index (χ1) is 11.5. The van der Waals surface area contributed by atoms with Crippen molar-refractivity contribution >= 4 is 23.5 Å². The van der Waals surface area contributed by atoms with Crippen LogP contribution >= 0.6 is 11.8 Å². The molecule has 0 aliphatic carbocycles. The highest BCUT2D eigenvalue weighted by Crippen LogP contribution is 2.35.